The minimum absolute atomic E-state index is 0.235. The highest BCUT2D eigenvalue weighted by Crippen LogP contribution is 2.66. The van der Waals surface area contributed by atoms with Crippen molar-refractivity contribution in [3.8, 4) is 29.1 Å². The van der Waals surface area contributed by atoms with Gasteiger partial charge in [0, 0.05) is 59.8 Å². The molecule has 1 amide bonds. The Hall–Kier alpha value is -4.16. The largest absolute Gasteiger partial charge is 0.508 e. The highest BCUT2D eigenvalue weighted by Gasteiger charge is 2.70. The first-order valence-electron chi connectivity index (χ1n) is 16.9. The second kappa shape index (κ2) is 12.1. The van der Waals surface area contributed by atoms with Gasteiger partial charge in [0.2, 0.25) is 0 Å². The van der Waals surface area contributed by atoms with Crippen molar-refractivity contribution in [1.82, 2.24) is 5.32 Å². The van der Waals surface area contributed by atoms with Gasteiger partial charge in [-0.3, -0.25) is 4.79 Å². The minimum atomic E-state index is -4.44. The number of hydrogen-bond donors (Lipinski definition) is 2. The number of carbonyl (C=O) groups excluding carboxylic acids is 1. The van der Waals surface area contributed by atoms with Crippen molar-refractivity contribution in [2.45, 2.75) is 75.7 Å². The summed E-state index contributed by atoms with van der Waals surface area (Å²) < 4.78 is 52.5. The van der Waals surface area contributed by atoms with Crippen LogP contribution in [0.25, 0.3) is 0 Å². The summed E-state index contributed by atoms with van der Waals surface area (Å²) >= 11 is 0. The van der Waals surface area contributed by atoms with Crippen LogP contribution in [-0.2, 0) is 29.2 Å². The molecule has 6 atom stereocenters. The number of nitrogens with zero attached hydrogens (tertiary/aromatic N) is 1. The second-order valence-corrected chi connectivity index (χ2v) is 14.4. The number of quaternary nitrogens is 1. The summed E-state index contributed by atoms with van der Waals surface area (Å²) in [6, 6.07) is 16.7. The lowest BCUT2D eigenvalue weighted by molar-refractivity contribution is -0.964. The lowest BCUT2D eigenvalue weighted by Crippen LogP contribution is -2.75. The number of carbonyl (C=O) groups is 1. The van der Waals surface area contributed by atoms with E-state index in [1.54, 1.807) is 13.2 Å². The van der Waals surface area contributed by atoms with Crippen molar-refractivity contribution >= 4 is 5.91 Å². The Balaban J connectivity index is 1.22. The number of piperidine rings is 1. The zero-order valence-corrected chi connectivity index (χ0v) is 27.6. The van der Waals surface area contributed by atoms with Crippen LogP contribution in [0.4, 0.5) is 13.2 Å². The van der Waals surface area contributed by atoms with E-state index in [-0.39, 0.29) is 29.9 Å². The molecule has 48 heavy (non-hydrogen) atoms. The zero-order valence-electron chi connectivity index (χ0n) is 27.6. The molecule has 2 N–H and O–H groups in total. The Bertz CT molecular complexity index is 1760. The molecule has 0 radical (unpaired) electrons. The van der Waals surface area contributed by atoms with E-state index in [2.05, 4.69) is 61.3 Å². The van der Waals surface area contributed by atoms with Gasteiger partial charge in [-0.05, 0) is 42.7 Å². The summed E-state index contributed by atoms with van der Waals surface area (Å²) in [6.45, 7) is 7.63. The SMILES string of the molecule is COc1cc(O)c2c3c1O[C@H]1[C@H](NC(=O)C#Cc4ccc(C(F)(F)F)cc4)CC[C@H]4[C@@H](C2)[N+](CCc2ccccc2)(CC(C)C)CC[C@@]341. The van der Waals surface area contributed by atoms with Crippen LogP contribution in [0.1, 0.15) is 60.9 Å². The van der Waals surface area contributed by atoms with Gasteiger partial charge in [-0.1, -0.05) is 50.1 Å². The molecule has 252 valence electrons. The standard InChI is InChI=1S/C39H41F3N2O4/c1-24(2)23-44(19-17-25-7-5-4-6-8-25)20-18-38-29-14-15-30(43-34(46)16-11-26-9-12-27(13-10-26)39(40,41)42)37(38)48-36-33(47-3)22-32(45)28(35(36)38)21-31(29)44/h4-10,12-13,22,24,29-31,37H,14-15,17-21,23H2,1-3H3,(H-,43,45,46)/p+1/t29-,30+,31+,37-,38-,44?/m0/s1. The molecular formula is C39H42F3N2O4+. The van der Waals surface area contributed by atoms with Crippen LogP contribution in [0.15, 0.2) is 60.7 Å². The topological polar surface area (TPSA) is 67.8 Å². The number of aromatic hydroxyl groups is 1. The van der Waals surface area contributed by atoms with Gasteiger partial charge in [-0.15, -0.1) is 0 Å². The normalized spacial score (nSPS) is 28.1. The summed E-state index contributed by atoms with van der Waals surface area (Å²) in [5, 5.41) is 14.6. The molecule has 0 aromatic heterocycles. The van der Waals surface area contributed by atoms with Gasteiger partial charge in [-0.25, -0.2) is 0 Å². The van der Waals surface area contributed by atoms with E-state index in [0.29, 0.717) is 29.4 Å². The first-order chi connectivity index (χ1) is 22.9. The Morgan fingerprint density at radius 2 is 1.90 bits per heavy atom. The Morgan fingerprint density at radius 1 is 1.15 bits per heavy atom. The van der Waals surface area contributed by atoms with Crippen LogP contribution in [0.3, 0.4) is 0 Å². The molecule has 6 nitrogen and oxygen atoms in total. The lowest BCUT2D eigenvalue weighted by Gasteiger charge is -2.63. The molecule has 3 aromatic carbocycles. The quantitative estimate of drug-likeness (QED) is 0.227. The van der Waals surface area contributed by atoms with Gasteiger partial charge in [0.15, 0.2) is 11.5 Å². The third-order valence-electron chi connectivity index (χ3n) is 11.4. The molecule has 7 rings (SSSR count). The maximum Gasteiger partial charge on any atom is 0.416 e. The number of phenols is 1. The molecule has 1 saturated heterocycles. The molecule has 9 heteroatoms. The number of likely N-dealkylation sites (tertiary alicyclic amines) is 1. The smallest absolute Gasteiger partial charge is 0.416 e. The molecule has 1 saturated carbocycles. The van der Waals surface area contributed by atoms with Crippen LogP contribution in [0.5, 0.6) is 17.2 Å². The van der Waals surface area contributed by atoms with Gasteiger partial charge in [-0.2, -0.15) is 13.2 Å². The average molecular weight is 660 g/mol. The second-order valence-electron chi connectivity index (χ2n) is 14.4. The van der Waals surface area contributed by atoms with Crippen molar-refractivity contribution in [3.05, 3.63) is 88.5 Å². The summed E-state index contributed by atoms with van der Waals surface area (Å²) in [6.07, 6.45) is -0.607. The Kier molecular flexibility index (Phi) is 8.14. The first kappa shape index (κ1) is 32.4. The Morgan fingerprint density at radius 3 is 2.58 bits per heavy atom. The van der Waals surface area contributed by atoms with E-state index in [9.17, 15) is 23.1 Å². The van der Waals surface area contributed by atoms with Crippen molar-refractivity contribution in [1.29, 1.82) is 0 Å². The van der Waals surface area contributed by atoms with Crippen LogP contribution < -0.4 is 14.8 Å². The molecule has 3 aromatic rings. The molecule has 2 bridgehead atoms. The third kappa shape index (κ3) is 5.38. The highest BCUT2D eigenvalue weighted by atomic mass is 19.4. The number of alkyl halides is 3. The van der Waals surface area contributed by atoms with Crippen LogP contribution in [0.2, 0.25) is 0 Å². The van der Waals surface area contributed by atoms with Gasteiger partial charge in [0.1, 0.15) is 11.9 Å². The van der Waals surface area contributed by atoms with Crippen LogP contribution >= 0.6 is 0 Å². The molecule has 2 aliphatic carbocycles. The number of rotatable bonds is 7. The number of benzene rings is 3. The summed E-state index contributed by atoms with van der Waals surface area (Å²) in [5.74, 6) is 6.99. The van der Waals surface area contributed by atoms with Gasteiger partial charge >= 0.3 is 6.18 Å². The number of hydrogen-bond acceptors (Lipinski definition) is 4. The minimum Gasteiger partial charge on any atom is -0.508 e. The van der Waals surface area contributed by atoms with E-state index in [1.165, 1.54) is 17.7 Å². The van der Waals surface area contributed by atoms with Crippen molar-refractivity contribution < 1.29 is 37.0 Å². The summed E-state index contributed by atoms with van der Waals surface area (Å²) in [7, 11) is 1.58. The van der Waals surface area contributed by atoms with Crippen molar-refractivity contribution in [3.63, 3.8) is 0 Å². The van der Waals surface area contributed by atoms with Crippen LogP contribution in [0, 0.1) is 23.7 Å². The van der Waals surface area contributed by atoms with Gasteiger partial charge in [0.25, 0.3) is 5.91 Å². The monoisotopic (exact) mass is 659 g/mol. The van der Waals surface area contributed by atoms with Crippen LogP contribution in [-0.4, -0.2) is 60.4 Å². The maximum absolute atomic E-state index is 13.2. The fourth-order valence-corrected chi connectivity index (χ4v) is 9.64. The number of phenolic OH excluding ortho intramolecular Hbond substituents is 1. The predicted molar refractivity (Wildman–Crippen MR) is 176 cm³/mol. The number of nitrogens with one attached hydrogen (secondary N) is 1. The number of ether oxygens (including phenoxy) is 2. The fraction of sp³-hybridized carbons (Fsp3) is 0.462. The van der Waals surface area contributed by atoms with E-state index >= 15 is 0 Å². The third-order valence-corrected chi connectivity index (χ3v) is 11.4. The first-order valence-corrected chi connectivity index (χ1v) is 16.9. The Labute approximate surface area is 279 Å². The van der Waals surface area contributed by atoms with Gasteiger partial charge < -0.3 is 24.4 Å². The average Bonchev–Trinajstić information content (AvgIpc) is 3.41. The van der Waals surface area contributed by atoms with E-state index in [1.807, 2.05) is 0 Å². The summed E-state index contributed by atoms with van der Waals surface area (Å²) in [5.41, 5.74) is 2.48. The molecule has 4 aliphatic rings. The van der Waals surface area contributed by atoms with E-state index in [4.69, 9.17) is 9.47 Å². The molecular weight excluding hydrogens is 617 g/mol. The van der Waals surface area contributed by atoms with E-state index in [0.717, 1.165) is 73.1 Å². The maximum atomic E-state index is 13.2. The highest BCUT2D eigenvalue weighted by molar-refractivity contribution is 5.94. The molecule has 1 unspecified atom stereocenters. The predicted octanol–water partition coefficient (Wildman–Crippen LogP) is 6.41. The number of halogens is 3. The molecule has 2 heterocycles. The number of amides is 1. The summed E-state index contributed by atoms with van der Waals surface area (Å²) in [4.78, 5) is 13.2. The molecule has 2 aliphatic heterocycles. The van der Waals surface area contributed by atoms with Gasteiger partial charge in [0.05, 0.1) is 49.8 Å². The van der Waals surface area contributed by atoms with E-state index < -0.39 is 23.1 Å². The fourth-order valence-electron chi connectivity index (χ4n) is 9.64. The molecule has 2 fully saturated rings. The lowest BCUT2D eigenvalue weighted by atomic mass is 9.50. The van der Waals surface area contributed by atoms with Crippen molar-refractivity contribution in [2.75, 3.05) is 26.7 Å². The van der Waals surface area contributed by atoms with Crippen molar-refractivity contribution in [2.24, 2.45) is 11.8 Å². The zero-order chi connectivity index (χ0) is 33.8. The number of methoxy groups -OCH3 is 1. The molecule has 1 spiro atoms.